The molecule has 7 nitrogen and oxygen atoms in total. The van der Waals surface area contributed by atoms with E-state index in [1.54, 1.807) is 7.11 Å². The van der Waals surface area contributed by atoms with Crippen LogP contribution in [0.15, 0.2) is 94.6 Å². The van der Waals surface area contributed by atoms with E-state index >= 15 is 0 Å². The van der Waals surface area contributed by atoms with Gasteiger partial charge < -0.3 is 13.8 Å². The highest BCUT2D eigenvalue weighted by Crippen LogP contribution is 2.32. The summed E-state index contributed by atoms with van der Waals surface area (Å²) in [7, 11) is 1.67. The molecule has 0 aliphatic rings. The predicted molar refractivity (Wildman–Crippen MR) is 135 cm³/mol. The molecule has 8 heteroatoms. The molecule has 176 valence electrons. The third-order valence-electron chi connectivity index (χ3n) is 5.57. The van der Waals surface area contributed by atoms with Crippen molar-refractivity contribution < 1.29 is 9.26 Å². The second-order valence-corrected chi connectivity index (χ2v) is 8.89. The van der Waals surface area contributed by atoms with Gasteiger partial charge in [0.05, 0.1) is 18.4 Å². The van der Waals surface area contributed by atoms with Gasteiger partial charge in [-0.25, -0.2) is 0 Å². The number of hydrogen-bond donors (Lipinski definition) is 0. The van der Waals surface area contributed by atoms with Crippen LogP contribution in [0.3, 0.4) is 0 Å². The first kappa shape index (κ1) is 22.9. The zero-order valence-electron chi connectivity index (χ0n) is 19.4. The summed E-state index contributed by atoms with van der Waals surface area (Å²) in [6.45, 7) is 0.732. The Morgan fingerprint density at radius 1 is 0.857 bits per heavy atom. The van der Waals surface area contributed by atoms with Gasteiger partial charge in [0.2, 0.25) is 5.89 Å². The average molecular weight is 484 g/mol. The van der Waals surface area contributed by atoms with E-state index in [9.17, 15) is 0 Å². The van der Waals surface area contributed by atoms with Crippen LogP contribution in [0, 0.1) is 0 Å². The van der Waals surface area contributed by atoms with Gasteiger partial charge in [0, 0.05) is 13.0 Å². The molecule has 0 atom stereocenters. The molecule has 0 saturated heterocycles. The fourth-order valence-corrected chi connectivity index (χ4v) is 4.64. The van der Waals surface area contributed by atoms with Crippen molar-refractivity contribution in [3.05, 3.63) is 108 Å². The Balaban J connectivity index is 1.36. The van der Waals surface area contributed by atoms with Crippen LogP contribution >= 0.6 is 11.8 Å². The molecule has 0 amide bonds. The van der Waals surface area contributed by atoms with Crippen molar-refractivity contribution in [1.82, 2.24) is 24.9 Å². The van der Waals surface area contributed by atoms with Crippen LogP contribution in [-0.4, -0.2) is 32.0 Å². The molecule has 0 N–H and O–H groups in total. The Bertz CT molecular complexity index is 1370. The van der Waals surface area contributed by atoms with E-state index in [-0.39, 0.29) is 0 Å². The van der Waals surface area contributed by atoms with Gasteiger partial charge in [-0.05, 0) is 29.7 Å². The lowest BCUT2D eigenvalue weighted by molar-refractivity contribution is 0.385. The Morgan fingerprint density at radius 3 is 2.34 bits per heavy atom. The molecule has 0 bridgehead atoms. The molecule has 0 aliphatic heterocycles. The molecule has 5 rings (SSSR count). The number of methoxy groups -OCH3 is 1. The molecular weight excluding hydrogens is 458 g/mol. The quantitative estimate of drug-likeness (QED) is 0.244. The molecule has 35 heavy (non-hydrogen) atoms. The highest BCUT2D eigenvalue weighted by atomic mass is 32.2. The van der Waals surface area contributed by atoms with E-state index in [2.05, 4.69) is 61.3 Å². The van der Waals surface area contributed by atoms with Gasteiger partial charge in [0.25, 0.3) is 0 Å². The van der Waals surface area contributed by atoms with Crippen molar-refractivity contribution in [3.63, 3.8) is 0 Å². The highest BCUT2D eigenvalue weighted by Gasteiger charge is 2.18. The van der Waals surface area contributed by atoms with E-state index in [1.807, 2.05) is 48.5 Å². The lowest BCUT2D eigenvalue weighted by atomic mass is 10.1. The second kappa shape index (κ2) is 11.0. The number of para-hydroxylation sites is 1. The number of nitrogens with zero attached hydrogens (tertiary/aromatic N) is 5. The summed E-state index contributed by atoms with van der Waals surface area (Å²) in [5, 5.41) is 14.0. The standard InChI is InChI=1S/C27H25N5O2S/c1-33-23-15-9-8-14-22(23)26-29-30-27(32(26)17-16-20-10-4-2-5-11-20)35-19-25-28-24(31-34-25)18-21-12-6-3-7-13-21/h2-15H,16-19H2,1H3. The molecule has 0 aliphatic carbocycles. The predicted octanol–water partition coefficient (Wildman–Crippen LogP) is 5.46. The summed E-state index contributed by atoms with van der Waals surface area (Å²) in [6, 6.07) is 28.4. The monoisotopic (exact) mass is 483 g/mol. The third kappa shape index (κ3) is 5.60. The Morgan fingerprint density at radius 2 is 1.57 bits per heavy atom. The van der Waals surface area contributed by atoms with Gasteiger partial charge in [-0.1, -0.05) is 89.7 Å². The molecule has 0 radical (unpaired) electrons. The molecule has 0 unspecified atom stereocenters. The fraction of sp³-hybridized carbons (Fsp3) is 0.185. The van der Waals surface area contributed by atoms with Gasteiger partial charge in [-0.15, -0.1) is 10.2 Å². The summed E-state index contributed by atoms with van der Waals surface area (Å²) in [6.07, 6.45) is 1.50. The lowest BCUT2D eigenvalue weighted by Gasteiger charge is -2.12. The topological polar surface area (TPSA) is 78.9 Å². The average Bonchev–Trinajstić information content (AvgIpc) is 3.53. The van der Waals surface area contributed by atoms with Gasteiger partial charge in [-0.3, -0.25) is 0 Å². The fourth-order valence-electron chi connectivity index (χ4n) is 3.84. The molecule has 2 heterocycles. The minimum Gasteiger partial charge on any atom is -0.496 e. The largest absolute Gasteiger partial charge is 0.496 e. The first-order chi connectivity index (χ1) is 17.3. The van der Waals surface area contributed by atoms with E-state index in [4.69, 9.17) is 9.26 Å². The normalized spacial score (nSPS) is 11.0. The van der Waals surface area contributed by atoms with Gasteiger partial charge in [0.15, 0.2) is 16.8 Å². The SMILES string of the molecule is COc1ccccc1-c1nnc(SCc2nc(Cc3ccccc3)no2)n1CCc1ccccc1. The van der Waals surface area contributed by atoms with E-state index in [0.29, 0.717) is 23.9 Å². The van der Waals surface area contributed by atoms with Crippen molar-refractivity contribution in [2.24, 2.45) is 0 Å². The number of thioether (sulfide) groups is 1. The van der Waals surface area contributed by atoms with Crippen LogP contribution in [0.25, 0.3) is 11.4 Å². The maximum absolute atomic E-state index is 5.59. The van der Waals surface area contributed by atoms with Crippen LogP contribution in [0.1, 0.15) is 22.8 Å². The van der Waals surface area contributed by atoms with Crippen LogP contribution in [0.2, 0.25) is 0 Å². The molecule has 0 spiro atoms. The Labute approximate surface area is 208 Å². The zero-order valence-corrected chi connectivity index (χ0v) is 20.2. The van der Waals surface area contributed by atoms with Gasteiger partial charge in [-0.2, -0.15) is 4.98 Å². The molecule has 0 fully saturated rings. The zero-order chi connectivity index (χ0) is 23.9. The maximum atomic E-state index is 5.59. The Hall–Kier alpha value is -3.91. The van der Waals surface area contributed by atoms with E-state index < -0.39 is 0 Å². The number of benzene rings is 3. The second-order valence-electron chi connectivity index (χ2n) is 7.95. The van der Waals surface area contributed by atoms with E-state index in [0.717, 1.165) is 40.8 Å². The maximum Gasteiger partial charge on any atom is 0.237 e. The number of aromatic nitrogens is 5. The summed E-state index contributed by atoms with van der Waals surface area (Å²) < 4.78 is 13.2. The highest BCUT2D eigenvalue weighted by molar-refractivity contribution is 7.98. The van der Waals surface area contributed by atoms with Crippen molar-refractivity contribution in [3.8, 4) is 17.1 Å². The van der Waals surface area contributed by atoms with Crippen molar-refractivity contribution >= 4 is 11.8 Å². The smallest absolute Gasteiger partial charge is 0.237 e. The number of hydrogen-bond acceptors (Lipinski definition) is 7. The van der Waals surface area contributed by atoms with Crippen LogP contribution in [0.4, 0.5) is 0 Å². The molecular formula is C27H25N5O2S. The lowest BCUT2D eigenvalue weighted by Crippen LogP contribution is -2.06. The summed E-state index contributed by atoms with van der Waals surface area (Å²) >= 11 is 1.54. The first-order valence-electron chi connectivity index (χ1n) is 11.4. The summed E-state index contributed by atoms with van der Waals surface area (Å²) in [5.74, 6) is 3.29. The molecule has 2 aromatic heterocycles. The summed E-state index contributed by atoms with van der Waals surface area (Å²) in [5.41, 5.74) is 3.31. The third-order valence-corrected chi connectivity index (χ3v) is 6.52. The number of aryl methyl sites for hydroxylation is 1. The van der Waals surface area contributed by atoms with E-state index in [1.165, 1.54) is 17.3 Å². The van der Waals surface area contributed by atoms with Gasteiger partial charge in [0.1, 0.15) is 5.75 Å². The molecule has 0 saturated carbocycles. The summed E-state index contributed by atoms with van der Waals surface area (Å²) in [4.78, 5) is 4.56. The van der Waals surface area contributed by atoms with Crippen LogP contribution in [0.5, 0.6) is 5.75 Å². The molecule has 3 aromatic carbocycles. The van der Waals surface area contributed by atoms with Crippen molar-refractivity contribution in [2.45, 2.75) is 30.3 Å². The Kier molecular flexibility index (Phi) is 7.19. The van der Waals surface area contributed by atoms with Crippen LogP contribution in [-0.2, 0) is 25.1 Å². The first-order valence-corrected chi connectivity index (χ1v) is 12.4. The number of rotatable bonds is 10. The minimum atomic E-state index is 0.511. The molecule has 5 aromatic rings. The van der Waals surface area contributed by atoms with Crippen molar-refractivity contribution in [2.75, 3.05) is 7.11 Å². The minimum absolute atomic E-state index is 0.511. The van der Waals surface area contributed by atoms with Crippen molar-refractivity contribution in [1.29, 1.82) is 0 Å². The number of ether oxygens (including phenoxy) is 1. The van der Waals surface area contributed by atoms with Gasteiger partial charge >= 0.3 is 0 Å². The van der Waals surface area contributed by atoms with Crippen LogP contribution < -0.4 is 4.74 Å².